The Bertz CT molecular complexity index is 1220. The molecule has 0 unspecified atom stereocenters. The number of ether oxygens (including phenoxy) is 1. The first-order valence-electron chi connectivity index (χ1n) is 13.6. The quantitative estimate of drug-likeness (QED) is 0.270. The fraction of sp³-hybridized carbons (Fsp3) is 0.750. The van der Waals surface area contributed by atoms with Crippen LogP contribution in [-0.2, 0) is 4.74 Å². The molecule has 2 aliphatic rings. The summed E-state index contributed by atoms with van der Waals surface area (Å²) in [4.78, 5) is 15.6. The Balaban J connectivity index is 1.48. The van der Waals surface area contributed by atoms with E-state index >= 15 is 0 Å². The zero-order valence-electron chi connectivity index (χ0n) is 22.4. The lowest BCUT2D eigenvalue weighted by molar-refractivity contribution is -0.0384. The number of tetrazole rings is 1. The Morgan fingerprint density at radius 2 is 1.84 bits per heavy atom. The van der Waals surface area contributed by atoms with Crippen molar-refractivity contribution in [1.29, 1.82) is 0 Å². The first kappa shape index (κ1) is 26.7. The number of rotatable bonds is 9. The highest BCUT2D eigenvalue weighted by molar-refractivity contribution is 5.84. The lowest BCUT2D eigenvalue weighted by Crippen LogP contribution is -2.33. The summed E-state index contributed by atoms with van der Waals surface area (Å²) in [5.41, 5.74) is 7.14. The average Bonchev–Trinajstić information content (AvgIpc) is 3.62. The summed E-state index contributed by atoms with van der Waals surface area (Å²) in [7, 11) is 0. The summed E-state index contributed by atoms with van der Waals surface area (Å²) in [6, 6.07) is 0.672. The van der Waals surface area contributed by atoms with Gasteiger partial charge in [-0.3, -0.25) is 4.57 Å². The molecular formula is C24H39N11O3. The van der Waals surface area contributed by atoms with Crippen LogP contribution in [0.25, 0.3) is 11.2 Å². The maximum atomic E-state index is 11.0. The molecule has 3 aromatic rings. The van der Waals surface area contributed by atoms with Gasteiger partial charge in [0.15, 0.2) is 29.3 Å². The van der Waals surface area contributed by atoms with E-state index in [1.54, 1.807) is 10.9 Å². The summed E-state index contributed by atoms with van der Waals surface area (Å²) in [5, 5.41) is 41.2. The lowest BCUT2D eigenvalue weighted by Gasteiger charge is -2.27. The maximum absolute atomic E-state index is 11.0. The van der Waals surface area contributed by atoms with Crippen LogP contribution in [0.2, 0.25) is 0 Å². The molecule has 5 rings (SSSR count). The predicted molar refractivity (Wildman–Crippen MR) is 140 cm³/mol. The van der Waals surface area contributed by atoms with E-state index in [0.717, 1.165) is 38.5 Å². The van der Waals surface area contributed by atoms with Crippen molar-refractivity contribution in [3.63, 3.8) is 0 Å². The topological polar surface area (TPSA) is 187 Å². The number of hydrogen-bond donors (Lipinski definition) is 5. The largest absolute Gasteiger partial charge is 0.387 e. The van der Waals surface area contributed by atoms with Crippen LogP contribution in [0.4, 0.5) is 11.8 Å². The molecule has 0 amide bonds. The average molecular weight is 530 g/mol. The molecule has 0 radical (unpaired) electrons. The fourth-order valence-electron chi connectivity index (χ4n) is 5.07. The van der Waals surface area contributed by atoms with Gasteiger partial charge in [0.1, 0.15) is 12.2 Å². The van der Waals surface area contributed by atoms with Gasteiger partial charge in [-0.25, -0.2) is 4.98 Å². The molecule has 3 aromatic heterocycles. The van der Waals surface area contributed by atoms with Crippen molar-refractivity contribution in [3.8, 4) is 0 Å². The van der Waals surface area contributed by atoms with Crippen LogP contribution in [0.3, 0.4) is 0 Å². The van der Waals surface area contributed by atoms with Gasteiger partial charge in [0.05, 0.1) is 12.4 Å². The zero-order chi connectivity index (χ0) is 27.0. The van der Waals surface area contributed by atoms with Crippen LogP contribution in [0, 0.1) is 0 Å². The molecule has 208 valence electrons. The number of aromatic nitrogens is 8. The normalized spacial score (nSPS) is 28.0. The highest BCUT2D eigenvalue weighted by Crippen LogP contribution is 2.39. The van der Waals surface area contributed by atoms with Gasteiger partial charge in [-0.1, -0.05) is 13.8 Å². The van der Waals surface area contributed by atoms with Crippen molar-refractivity contribution in [1.82, 2.24) is 39.7 Å². The fourth-order valence-corrected chi connectivity index (χ4v) is 5.07. The molecule has 1 aliphatic heterocycles. The van der Waals surface area contributed by atoms with Gasteiger partial charge in [-0.15, -0.1) is 10.2 Å². The maximum Gasteiger partial charge on any atom is 0.227 e. The van der Waals surface area contributed by atoms with E-state index in [1.807, 2.05) is 13.8 Å². The second-order valence-electron chi connectivity index (χ2n) is 10.6. The van der Waals surface area contributed by atoms with Gasteiger partial charge in [-0.2, -0.15) is 14.8 Å². The first-order valence-corrected chi connectivity index (χ1v) is 13.6. The standard InChI is InChI=1S/C24H39N11O3/c1-5-14(6-2)27-20-16-22(30-24(29-20)28-15-9-7-13(25)8-10-15)34(11-26-16)23-18(37)17(36)19(38-23)21-31-33-35(32-21)12(3)4/h11-15,17-19,23,36-37H,5-10,25H2,1-4H3,(H2,27,28,29,30)/t13?,15?,17-,18+,19-,23+/m0/s1. The van der Waals surface area contributed by atoms with Gasteiger partial charge in [-0.05, 0) is 57.6 Å². The Morgan fingerprint density at radius 1 is 1.11 bits per heavy atom. The van der Waals surface area contributed by atoms with Gasteiger partial charge in [0.2, 0.25) is 11.8 Å². The zero-order valence-corrected chi connectivity index (χ0v) is 22.4. The molecule has 2 fully saturated rings. The molecule has 1 aliphatic carbocycles. The molecule has 1 saturated carbocycles. The molecule has 14 nitrogen and oxygen atoms in total. The van der Waals surface area contributed by atoms with Crippen molar-refractivity contribution in [3.05, 3.63) is 12.2 Å². The number of fused-ring (bicyclic) bond motifs is 1. The van der Waals surface area contributed by atoms with E-state index in [1.165, 1.54) is 4.80 Å². The van der Waals surface area contributed by atoms with Gasteiger partial charge < -0.3 is 31.3 Å². The summed E-state index contributed by atoms with van der Waals surface area (Å²) in [6.45, 7) is 8.09. The van der Waals surface area contributed by atoms with Crippen molar-refractivity contribution in [2.24, 2.45) is 5.73 Å². The highest BCUT2D eigenvalue weighted by Gasteiger charge is 2.47. The van der Waals surface area contributed by atoms with Gasteiger partial charge >= 0.3 is 0 Å². The first-order chi connectivity index (χ1) is 18.3. The van der Waals surface area contributed by atoms with Gasteiger partial charge in [0.25, 0.3) is 0 Å². The van der Waals surface area contributed by atoms with E-state index in [-0.39, 0.29) is 30.0 Å². The predicted octanol–water partition coefficient (Wildman–Crippen LogP) is 1.67. The molecular weight excluding hydrogens is 490 g/mol. The molecule has 38 heavy (non-hydrogen) atoms. The highest BCUT2D eigenvalue weighted by atomic mass is 16.6. The van der Waals surface area contributed by atoms with E-state index in [4.69, 9.17) is 20.4 Å². The van der Waals surface area contributed by atoms with Crippen molar-refractivity contribution in [2.75, 3.05) is 10.6 Å². The van der Waals surface area contributed by atoms with Crippen LogP contribution in [0.5, 0.6) is 0 Å². The number of aliphatic hydroxyl groups is 2. The van der Waals surface area contributed by atoms with Crippen LogP contribution >= 0.6 is 0 Å². The second-order valence-corrected chi connectivity index (χ2v) is 10.6. The molecule has 6 N–H and O–H groups in total. The van der Waals surface area contributed by atoms with Crippen LogP contribution in [-0.4, -0.2) is 80.3 Å². The molecule has 4 heterocycles. The number of nitrogens with one attached hydrogen (secondary N) is 2. The van der Waals surface area contributed by atoms with Crippen LogP contribution in [0.1, 0.15) is 90.4 Å². The third kappa shape index (κ3) is 5.17. The van der Waals surface area contributed by atoms with E-state index in [9.17, 15) is 10.2 Å². The second kappa shape index (κ2) is 11.0. The number of nitrogens with two attached hydrogens (primary N) is 1. The minimum Gasteiger partial charge on any atom is -0.387 e. The van der Waals surface area contributed by atoms with Crippen molar-refractivity contribution in [2.45, 2.75) is 115 Å². The smallest absolute Gasteiger partial charge is 0.227 e. The number of nitrogens with zero attached hydrogens (tertiary/aromatic N) is 8. The van der Waals surface area contributed by atoms with E-state index in [0.29, 0.717) is 22.9 Å². The number of hydrogen-bond acceptors (Lipinski definition) is 12. The Kier molecular flexibility index (Phi) is 7.75. The van der Waals surface area contributed by atoms with Gasteiger partial charge in [0, 0.05) is 18.1 Å². The van der Waals surface area contributed by atoms with Crippen LogP contribution < -0.4 is 16.4 Å². The molecule has 0 bridgehead atoms. The number of imidazole rings is 1. The third-order valence-electron chi connectivity index (χ3n) is 7.53. The third-order valence-corrected chi connectivity index (χ3v) is 7.53. The Labute approximate surface area is 221 Å². The molecule has 1 saturated heterocycles. The molecule has 0 spiro atoms. The lowest BCUT2D eigenvalue weighted by atomic mass is 9.92. The molecule has 0 aromatic carbocycles. The van der Waals surface area contributed by atoms with E-state index in [2.05, 4.69) is 44.9 Å². The number of aliphatic hydroxyl groups excluding tert-OH is 2. The summed E-state index contributed by atoms with van der Waals surface area (Å²) < 4.78 is 7.75. The summed E-state index contributed by atoms with van der Waals surface area (Å²) >= 11 is 0. The van der Waals surface area contributed by atoms with Crippen molar-refractivity contribution < 1.29 is 14.9 Å². The summed E-state index contributed by atoms with van der Waals surface area (Å²) in [5.74, 6) is 1.30. The Hall–Kier alpha value is -2.94. The van der Waals surface area contributed by atoms with Crippen molar-refractivity contribution >= 4 is 22.9 Å². The van der Waals surface area contributed by atoms with Crippen LogP contribution in [0.15, 0.2) is 6.33 Å². The Morgan fingerprint density at radius 3 is 2.50 bits per heavy atom. The summed E-state index contributed by atoms with van der Waals surface area (Å²) in [6.07, 6.45) is 2.78. The van der Waals surface area contributed by atoms with E-state index < -0.39 is 24.5 Å². The monoisotopic (exact) mass is 529 g/mol. The minimum atomic E-state index is -1.26. The molecule has 14 heteroatoms. The molecule has 4 atom stereocenters. The SMILES string of the molecule is CCC(CC)Nc1nc(NC2CCC(N)CC2)nc2c1ncn2[C@@H]1O[C@H](c2nnn(C(C)C)n2)[C@@H](O)[C@H]1O. The number of anilines is 2. The minimum absolute atomic E-state index is 0.00313.